The minimum atomic E-state index is 0.401. The summed E-state index contributed by atoms with van der Waals surface area (Å²) in [5.74, 6) is 0. The number of likely N-dealkylation sites (tertiary alicyclic amines) is 1. The highest BCUT2D eigenvalue weighted by Gasteiger charge is 2.27. The summed E-state index contributed by atoms with van der Waals surface area (Å²) in [5, 5.41) is 4.41. The van der Waals surface area contributed by atoms with Crippen LogP contribution in [0.15, 0.2) is 31.0 Å². The van der Waals surface area contributed by atoms with Crippen molar-refractivity contribution in [1.82, 2.24) is 24.6 Å². The molecule has 0 radical (unpaired) electrons. The maximum Gasteiger partial charge on any atom is 0.0758 e. The predicted molar refractivity (Wildman–Crippen MR) is 76.9 cm³/mol. The van der Waals surface area contributed by atoms with Crippen LogP contribution in [0, 0.1) is 0 Å². The molecule has 2 aromatic rings. The molecule has 3 heterocycles. The molecule has 0 amide bonds. The summed E-state index contributed by atoms with van der Waals surface area (Å²) >= 11 is 0. The van der Waals surface area contributed by atoms with Crippen molar-refractivity contribution in [2.75, 3.05) is 6.54 Å². The van der Waals surface area contributed by atoms with Crippen molar-refractivity contribution < 1.29 is 0 Å². The van der Waals surface area contributed by atoms with E-state index >= 15 is 0 Å². The van der Waals surface area contributed by atoms with Crippen LogP contribution < -0.4 is 0 Å². The number of hydrogen-bond acceptors (Lipinski definition) is 4. The smallest absolute Gasteiger partial charge is 0.0758 e. The molecule has 1 atom stereocenters. The molecule has 0 aromatic carbocycles. The van der Waals surface area contributed by atoms with E-state index in [4.69, 9.17) is 0 Å². The Morgan fingerprint density at radius 1 is 1.30 bits per heavy atom. The highest BCUT2D eigenvalue weighted by atomic mass is 15.3. The van der Waals surface area contributed by atoms with Crippen molar-refractivity contribution in [1.29, 1.82) is 0 Å². The molecule has 1 saturated heterocycles. The molecule has 2 aromatic heterocycles. The van der Waals surface area contributed by atoms with Crippen LogP contribution in [0.25, 0.3) is 0 Å². The first-order valence-corrected chi connectivity index (χ1v) is 7.38. The molecule has 0 aliphatic carbocycles. The molecule has 1 aliphatic heterocycles. The lowest BCUT2D eigenvalue weighted by atomic mass is 10.1. The number of aromatic nitrogens is 4. The summed E-state index contributed by atoms with van der Waals surface area (Å²) in [7, 11) is 0. The Morgan fingerprint density at radius 3 is 3.05 bits per heavy atom. The lowest BCUT2D eigenvalue weighted by Crippen LogP contribution is -2.23. The van der Waals surface area contributed by atoms with Gasteiger partial charge in [0.2, 0.25) is 0 Å². The SMILES string of the molecule is CCCn1cc(CN2CCC[C@@H]2c2cnccn2)cn1. The van der Waals surface area contributed by atoms with Gasteiger partial charge in [0.15, 0.2) is 0 Å². The molecule has 0 N–H and O–H groups in total. The average molecular weight is 271 g/mol. The van der Waals surface area contributed by atoms with E-state index in [1.165, 1.54) is 18.4 Å². The second kappa shape index (κ2) is 6.13. The molecule has 1 aliphatic rings. The summed E-state index contributed by atoms with van der Waals surface area (Å²) < 4.78 is 2.03. The lowest BCUT2D eigenvalue weighted by molar-refractivity contribution is 0.244. The van der Waals surface area contributed by atoms with Gasteiger partial charge in [-0.1, -0.05) is 6.92 Å². The molecule has 0 spiro atoms. The van der Waals surface area contributed by atoms with Crippen molar-refractivity contribution in [3.8, 4) is 0 Å². The van der Waals surface area contributed by atoms with Crippen LogP contribution in [0.3, 0.4) is 0 Å². The number of hydrogen-bond donors (Lipinski definition) is 0. The molecular formula is C15H21N5. The minimum absolute atomic E-state index is 0.401. The molecule has 1 fully saturated rings. The van der Waals surface area contributed by atoms with Crippen LogP contribution in [0.5, 0.6) is 0 Å². The Kier molecular flexibility index (Phi) is 4.06. The highest BCUT2D eigenvalue weighted by molar-refractivity contribution is 5.09. The molecule has 20 heavy (non-hydrogen) atoms. The molecule has 0 bridgehead atoms. The average Bonchev–Trinajstić information content (AvgIpc) is 3.10. The topological polar surface area (TPSA) is 46.8 Å². The van der Waals surface area contributed by atoms with Gasteiger partial charge in [-0.3, -0.25) is 19.5 Å². The first kappa shape index (κ1) is 13.2. The van der Waals surface area contributed by atoms with Crippen LogP contribution in [-0.4, -0.2) is 31.2 Å². The van der Waals surface area contributed by atoms with Gasteiger partial charge in [-0.15, -0.1) is 0 Å². The fraction of sp³-hybridized carbons (Fsp3) is 0.533. The van der Waals surface area contributed by atoms with E-state index in [1.54, 1.807) is 12.4 Å². The lowest BCUT2D eigenvalue weighted by Gasteiger charge is -2.22. The summed E-state index contributed by atoms with van der Waals surface area (Å²) in [6, 6.07) is 0.401. The standard InChI is InChI=1S/C15H21N5/c1-2-7-20-12-13(9-18-20)11-19-8-3-4-15(19)14-10-16-5-6-17-14/h5-6,9-10,12,15H,2-4,7-8,11H2,1H3/t15-/m1/s1. The normalized spacial score (nSPS) is 19.6. The van der Waals surface area contributed by atoms with Gasteiger partial charge >= 0.3 is 0 Å². The fourth-order valence-electron chi connectivity index (χ4n) is 2.91. The molecule has 106 valence electrons. The highest BCUT2D eigenvalue weighted by Crippen LogP contribution is 2.31. The zero-order chi connectivity index (χ0) is 13.8. The van der Waals surface area contributed by atoms with E-state index in [-0.39, 0.29) is 0 Å². The largest absolute Gasteiger partial charge is 0.290 e. The molecule has 0 unspecified atom stereocenters. The van der Waals surface area contributed by atoms with Crippen molar-refractivity contribution >= 4 is 0 Å². The van der Waals surface area contributed by atoms with Crippen LogP contribution in [0.4, 0.5) is 0 Å². The van der Waals surface area contributed by atoms with Crippen molar-refractivity contribution in [2.45, 2.75) is 45.3 Å². The number of rotatable bonds is 5. The zero-order valence-electron chi connectivity index (χ0n) is 11.9. The fourth-order valence-corrected chi connectivity index (χ4v) is 2.91. The molecule has 5 nitrogen and oxygen atoms in total. The van der Waals surface area contributed by atoms with E-state index in [9.17, 15) is 0 Å². The van der Waals surface area contributed by atoms with E-state index in [2.05, 4.69) is 33.1 Å². The van der Waals surface area contributed by atoms with Gasteiger partial charge in [-0.05, 0) is 25.8 Å². The van der Waals surface area contributed by atoms with Crippen LogP contribution in [0.1, 0.15) is 43.5 Å². The van der Waals surface area contributed by atoms with Crippen molar-refractivity contribution in [2.24, 2.45) is 0 Å². The van der Waals surface area contributed by atoms with Gasteiger partial charge in [0, 0.05) is 43.4 Å². The van der Waals surface area contributed by atoms with Gasteiger partial charge in [0.1, 0.15) is 0 Å². The van der Waals surface area contributed by atoms with E-state index in [0.29, 0.717) is 6.04 Å². The van der Waals surface area contributed by atoms with E-state index < -0.39 is 0 Å². The third kappa shape index (κ3) is 2.88. The maximum atomic E-state index is 4.46. The second-order valence-corrected chi connectivity index (χ2v) is 5.37. The second-order valence-electron chi connectivity index (χ2n) is 5.37. The monoisotopic (exact) mass is 271 g/mol. The summed E-state index contributed by atoms with van der Waals surface area (Å²) in [5.41, 5.74) is 2.38. The van der Waals surface area contributed by atoms with E-state index in [1.807, 2.05) is 17.1 Å². The number of nitrogens with zero attached hydrogens (tertiary/aromatic N) is 5. The minimum Gasteiger partial charge on any atom is -0.290 e. The van der Waals surface area contributed by atoms with Gasteiger partial charge < -0.3 is 0 Å². The quantitative estimate of drug-likeness (QED) is 0.838. The van der Waals surface area contributed by atoms with Crippen LogP contribution in [-0.2, 0) is 13.1 Å². The molecule has 0 saturated carbocycles. The summed E-state index contributed by atoms with van der Waals surface area (Å²) in [6.45, 7) is 5.24. The van der Waals surface area contributed by atoms with Gasteiger partial charge in [0.25, 0.3) is 0 Å². The van der Waals surface area contributed by atoms with Crippen LogP contribution >= 0.6 is 0 Å². The van der Waals surface area contributed by atoms with Crippen LogP contribution in [0.2, 0.25) is 0 Å². The Bertz CT molecular complexity index is 536. The Balaban J connectivity index is 1.69. The summed E-state index contributed by atoms with van der Waals surface area (Å²) in [4.78, 5) is 11.1. The first-order chi connectivity index (χ1) is 9.86. The van der Waals surface area contributed by atoms with Gasteiger partial charge in [0.05, 0.1) is 17.9 Å². The first-order valence-electron chi connectivity index (χ1n) is 7.38. The molecule has 5 heteroatoms. The summed E-state index contributed by atoms with van der Waals surface area (Å²) in [6.07, 6.45) is 13.1. The Labute approximate surface area is 119 Å². The molecular weight excluding hydrogens is 250 g/mol. The Hall–Kier alpha value is -1.75. The number of aryl methyl sites for hydroxylation is 1. The third-order valence-electron chi connectivity index (χ3n) is 3.81. The third-order valence-corrected chi connectivity index (χ3v) is 3.81. The zero-order valence-corrected chi connectivity index (χ0v) is 11.9. The Morgan fingerprint density at radius 2 is 2.25 bits per heavy atom. The maximum absolute atomic E-state index is 4.46. The molecule has 3 rings (SSSR count). The van der Waals surface area contributed by atoms with Crippen molar-refractivity contribution in [3.63, 3.8) is 0 Å². The van der Waals surface area contributed by atoms with E-state index in [0.717, 1.165) is 31.7 Å². The van der Waals surface area contributed by atoms with Gasteiger partial charge in [-0.2, -0.15) is 5.10 Å². The van der Waals surface area contributed by atoms with Crippen molar-refractivity contribution in [3.05, 3.63) is 42.2 Å². The van der Waals surface area contributed by atoms with Gasteiger partial charge in [-0.25, -0.2) is 0 Å². The predicted octanol–water partition coefficient (Wildman–Crippen LogP) is 2.42.